The highest BCUT2D eigenvalue weighted by Crippen LogP contribution is 2.49. The molecule has 0 bridgehead atoms. The second-order valence-electron chi connectivity index (χ2n) is 4.59. The second-order valence-corrected chi connectivity index (χ2v) is 7.56. The van der Waals surface area contributed by atoms with E-state index >= 15 is 0 Å². The first kappa shape index (κ1) is 15.0. The number of hydrogen-bond acceptors (Lipinski definition) is 4. The SMILES string of the molecule is CCSCCCS(=O)CC1(CC(=O)OC)CC1. The van der Waals surface area contributed by atoms with E-state index in [9.17, 15) is 9.00 Å². The molecule has 0 aromatic carbocycles. The molecule has 5 heteroatoms. The van der Waals surface area contributed by atoms with Gasteiger partial charge >= 0.3 is 5.97 Å². The van der Waals surface area contributed by atoms with Crippen LogP contribution in [0.15, 0.2) is 0 Å². The Balaban J connectivity index is 2.19. The third-order valence-corrected chi connectivity index (χ3v) is 5.70. The van der Waals surface area contributed by atoms with Gasteiger partial charge < -0.3 is 4.74 Å². The summed E-state index contributed by atoms with van der Waals surface area (Å²) in [6.45, 7) is 2.14. The molecule has 1 rings (SSSR count). The smallest absolute Gasteiger partial charge is 0.306 e. The highest BCUT2D eigenvalue weighted by Gasteiger charge is 2.45. The number of methoxy groups -OCH3 is 1. The van der Waals surface area contributed by atoms with Crippen LogP contribution < -0.4 is 0 Å². The van der Waals surface area contributed by atoms with Crippen molar-refractivity contribution in [1.82, 2.24) is 0 Å². The quantitative estimate of drug-likeness (QED) is 0.479. The van der Waals surface area contributed by atoms with E-state index in [0.717, 1.165) is 36.5 Å². The van der Waals surface area contributed by atoms with Gasteiger partial charge in [-0.15, -0.1) is 0 Å². The van der Waals surface area contributed by atoms with Crippen LogP contribution in [0.5, 0.6) is 0 Å². The summed E-state index contributed by atoms with van der Waals surface area (Å²) in [4.78, 5) is 11.2. The molecule has 1 atom stereocenters. The zero-order chi connectivity index (χ0) is 12.7. The highest BCUT2D eigenvalue weighted by molar-refractivity contribution is 7.99. The molecule has 1 saturated carbocycles. The molecule has 0 N–H and O–H groups in total. The van der Waals surface area contributed by atoms with E-state index in [1.165, 1.54) is 7.11 Å². The van der Waals surface area contributed by atoms with Crippen LogP contribution in [0.1, 0.15) is 32.6 Å². The fourth-order valence-corrected chi connectivity index (χ4v) is 4.31. The summed E-state index contributed by atoms with van der Waals surface area (Å²) in [6.07, 6.45) is 3.51. The van der Waals surface area contributed by atoms with Crippen LogP contribution in [-0.4, -0.2) is 40.3 Å². The van der Waals surface area contributed by atoms with Crippen molar-refractivity contribution in [3.8, 4) is 0 Å². The Morgan fingerprint density at radius 3 is 2.71 bits per heavy atom. The van der Waals surface area contributed by atoms with E-state index in [1.807, 2.05) is 11.8 Å². The number of thioether (sulfide) groups is 1. The molecule has 0 aromatic heterocycles. The van der Waals surface area contributed by atoms with Gasteiger partial charge in [0, 0.05) is 22.3 Å². The van der Waals surface area contributed by atoms with Crippen LogP contribution in [-0.2, 0) is 20.3 Å². The van der Waals surface area contributed by atoms with Gasteiger partial charge in [0.05, 0.1) is 13.5 Å². The van der Waals surface area contributed by atoms with E-state index in [4.69, 9.17) is 0 Å². The Bertz CT molecular complexity index is 275. The van der Waals surface area contributed by atoms with Crippen molar-refractivity contribution in [2.45, 2.75) is 32.6 Å². The predicted molar refractivity (Wildman–Crippen MR) is 73.8 cm³/mol. The number of hydrogen-bond donors (Lipinski definition) is 0. The number of ether oxygens (including phenoxy) is 1. The molecule has 1 fully saturated rings. The molecule has 17 heavy (non-hydrogen) atoms. The minimum absolute atomic E-state index is 0.00978. The topological polar surface area (TPSA) is 43.4 Å². The summed E-state index contributed by atoms with van der Waals surface area (Å²) in [7, 11) is 0.644. The van der Waals surface area contributed by atoms with Crippen LogP contribution >= 0.6 is 11.8 Å². The van der Waals surface area contributed by atoms with Gasteiger partial charge in [-0.25, -0.2) is 0 Å². The Hall–Kier alpha value is -0.0300. The fourth-order valence-electron chi connectivity index (χ4n) is 1.81. The van der Waals surface area contributed by atoms with Gasteiger partial charge in [0.25, 0.3) is 0 Å². The highest BCUT2D eigenvalue weighted by atomic mass is 32.2. The lowest BCUT2D eigenvalue weighted by atomic mass is 10.1. The first-order chi connectivity index (χ1) is 8.12. The second kappa shape index (κ2) is 7.41. The minimum Gasteiger partial charge on any atom is -0.469 e. The number of esters is 1. The summed E-state index contributed by atoms with van der Waals surface area (Å²) in [5.74, 6) is 3.50. The van der Waals surface area contributed by atoms with Gasteiger partial charge in [0.1, 0.15) is 0 Å². The summed E-state index contributed by atoms with van der Waals surface area (Å²) in [6, 6.07) is 0. The molecule has 0 saturated heterocycles. The molecule has 3 nitrogen and oxygen atoms in total. The van der Waals surface area contributed by atoms with Crippen LogP contribution in [0, 0.1) is 5.41 Å². The molecule has 1 aliphatic carbocycles. The van der Waals surface area contributed by atoms with Crippen molar-refractivity contribution < 1.29 is 13.7 Å². The molecule has 0 radical (unpaired) electrons. The number of rotatable bonds is 9. The standard InChI is InChI=1S/C12H22O3S2/c1-3-16-7-4-8-17(14)10-12(5-6-12)9-11(13)15-2/h3-10H2,1-2H3. The third kappa shape index (κ3) is 5.91. The Labute approximate surface area is 111 Å². The van der Waals surface area contributed by atoms with Crippen LogP contribution in [0.25, 0.3) is 0 Å². The van der Waals surface area contributed by atoms with E-state index < -0.39 is 10.8 Å². The number of carbonyl (C=O) groups excluding carboxylic acids is 1. The number of carbonyl (C=O) groups is 1. The van der Waals surface area contributed by atoms with Gasteiger partial charge in [-0.1, -0.05) is 6.92 Å². The molecule has 0 amide bonds. The maximum Gasteiger partial charge on any atom is 0.306 e. The summed E-state index contributed by atoms with van der Waals surface area (Å²) < 4.78 is 16.6. The van der Waals surface area contributed by atoms with E-state index in [0.29, 0.717) is 12.2 Å². The van der Waals surface area contributed by atoms with Crippen molar-refractivity contribution in [3.63, 3.8) is 0 Å². The molecule has 0 aliphatic heterocycles. The fraction of sp³-hybridized carbons (Fsp3) is 0.917. The lowest BCUT2D eigenvalue weighted by Gasteiger charge is -2.12. The normalized spacial score (nSPS) is 18.7. The van der Waals surface area contributed by atoms with Crippen molar-refractivity contribution in [2.24, 2.45) is 5.41 Å². The molecule has 1 unspecified atom stereocenters. The molecule has 0 heterocycles. The van der Waals surface area contributed by atoms with Gasteiger partial charge in [-0.2, -0.15) is 11.8 Å². The van der Waals surface area contributed by atoms with E-state index in [-0.39, 0.29) is 11.4 Å². The van der Waals surface area contributed by atoms with Crippen LogP contribution in [0.4, 0.5) is 0 Å². The minimum atomic E-state index is -0.770. The zero-order valence-electron chi connectivity index (χ0n) is 10.7. The molecule has 100 valence electrons. The van der Waals surface area contributed by atoms with Crippen molar-refractivity contribution in [1.29, 1.82) is 0 Å². The summed E-state index contributed by atoms with van der Waals surface area (Å²) in [5, 5.41) is 0. The van der Waals surface area contributed by atoms with Crippen molar-refractivity contribution in [2.75, 3.05) is 30.1 Å². The van der Waals surface area contributed by atoms with Gasteiger partial charge in [0.2, 0.25) is 0 Å². The molecular formula is C12H22O3S2. The van der Waals surface area contributed by atoms with Gasteiger partial charge in [-0.05, 0) is 36.2 Å². The predicted octanol–water partition coefficient (Wildman–Crippen LogP) is 2.22. The van der Waals surface area contributed by atoms with Crippen LogP contribution in [0.2, 0.25) is 0 Å². The Morgan fingerprint density at radius 1 is 1.47 bits per heavy atom. The van der Waals surface area contributed by atoms with E-state index in [1.54, 1.807) is 0 Å². The van der Waals surface area contributed by atoms with E-state index in [2.05, 4.69) is 11.7 Å². The average molecular weight is 278 g/mol. The molecule has 0 spiro atoms. The summed E-state index contributed by atoms with van der Waals surface area (Å²) >= 11 is 1.89. The lowest BCUT2D eigenvalue weighted by molar-refractivity contribution is -0.141. The Kier molecular flexibility index (Phi) is 6.55. The average Bonchev–Trinajstić information content (AvgIpc) is 3.04. The summed E-state index contributed by atoms with van der Waals surface area (Å²) in [5.41, 5.74) is 0.00978. The molecular weight excluding hydrogens is 256 g/mol. The van der Waals surface area contributed by atoms with Gasteiger partial charge in [0.15, 0.2) is 0 Å². The largest absolute Gasteiger partial charge is 0.469 e. The lowest BCUT2D eigenvalue weighted by Crippen LogP contribution is -2.19. The molecule has 0 aromatic rings. The first-order valence-corrected chi connectivity index (χ1v) is 8.76. The maximum absolute atomic E-state index is 11.9. The van der Waals surface area contributed by atoms with Crippen molar-refractivity contribution in [3.05, 3.63) is 0 Å². The van der Waals surface area contributed by atoms with Crippen molar-refractivity contribution >= 4 is 28.5 Å². The zero-order valence-corrected chi connectivity index (χ0v) is 12.3. The van der Waals surface area contributed by atoms with Crippen LogP contribution in [0.3, 0.4) is 0 Å². The monoisotopic (exact) mass is 278 g/mol. The molecule has 1 aliphatic rings. The first-order valence-electron chi connectivity index (χ1n) is 6.11. The van der Waals surface area contributed by atoms with Gasteiger partial charge in [-0.3, -0.25) is 9.00 Å². The maximum atomic E-state index is 11.9. The third-order valence-electron chi connectivity index (χ3n) is 3.04. The Morgan fingerprint density at radius 2 is 2.18 bits per heavy atom.